The second kappa shape index (κ2) is 3.61. The Morgan fingerprint density at radius 2 is 2.36 bits per heavy atom. The molecule has 0 saturated carbocycles. The zero-order valence-electron chi connectivity index (χ0n) is 8.15. The van der Waals surface area contributed by atoms with Crippen LogP contribution in [0.3, 0.4) is 0 Å². The van der Waals surface area contributed by atoms with Crippen molar-refractivity contribution < 1.29 is 4.79 Å². The van der Waals surface area contributed by atoms with E-state index < -0.39 is 0 Å². The second-order valence-corrected chi connectivity index (χ2v) is 4.83. The normalized spacial score (nSPS) is 20.5. The maximum atomic E-state index is 11.6. The van der Waals surface area contributed by atoms with Crippen LogP contribution in [-0.4, -0.2) is 16.1 Å². The third-order valence-electron chi connectivity index (χ3n) is 2.16. The number of hydrogen-bond acceptors (Lipinski definition) is 3. The molecule has 3 nitrogen and oxygen atoms in total. The fourth-order valence-corrected chi connectivity index (χ4v) is 2.49. The molecule has 4 heteroatoms. The minimum Gasteiger partial charge on any atom is -0.323 e. The number of nitrogens with zero attached hydrogens (tertiary/aromatic N) is 1. The monoisotopic (exact) mass is 208 g/mol. The number of fused-ring (bicyclic) bond motifs is 1. The Hall–Kier alpha value is -1.03. The van der Waals surface area contributed by atoms with Crippen molar-refractivity contribution in [2.24, 2.45) is 5.92 Å². The molecule has 1 aromatic rings. The van der Waals surface area contributed by atoms with Gasteiger partial charge in [-0.25, -0.2) is 0 Å². The molecule has 2 rings (SSSR count). The van der Waals surface area contributed by atoms with E-state index in [1.165, 1.54) is 0 Å². The van der Waals surface area contributed by atoms with Crippen molar-refractivity contribution in [3.63, 3.8) is 0 Å². The maximum Gasteiger partial charge on any atom is 0.238 e. The summed E-state index contributed by atoms with van der Waals surface area (Å²) >= 11 is 1.62. The van der Waals surface area contributed by atoms with Gasteiger partial charge in [0.25, 0.3) is 0 Å². The number of carbonyl (C=O) groups is 1. The van der Waals surface area contributed by atoms with E-state index in [0.717, 1.165) is 10.6 Å². The van der Waals surface area contributed by atoms with E-state index in [9.17, 15) is 4.79 Å². The van der Waals surface area contributed by atoms with Crippen molar-refractivity contribution >= 4 is 23.4 Å². The number of rotatable bonds is 1. The summed E-state index contributed by atoms with van der Waals surface area (Å²) in [7, 11) is 0. The molecule has 1 aliphatic rings. The molecular formula is C10H12N2OS. The Labute approximate surface area is 87.3 Å². The van der Waals surface area contributed by atoms with E-state index in [0.29, 0.717) is 5.92 Å². The Bertz CT molecular complexity index is 365. The van der Waals surface area contributed by atoms with Gasteiger partial charge in [0.15, 0.2) is 0 Å². The highest BCUT2D eigenvalue weighted by atomic mass is 32.2. The zero-order valence-corrected chi connectivity index (χ0v) is 8.97. The van der Waals surface area contributed by atoms with Gasteiger partial charge in [-0.1, -0.05) is 13.8 Å². The maximum absolute atomic E-state index is 11.6. The first-order valence-electron chi connectivity index (χ1n) is 4.60. The Kier molecular flexibility index (Phi) is 2.46. The molecule has 2 heterocycles. The summed E-state index contributed by atoms with van der Waals surface area (Å²) in [5, 5.41) is 2.89. The summed E-state index contributed by atoms with van der Waals surface area (Å²) in [6.07, 6.45) is 3.44. The Balaban J connectivity index is 2.31. The van der Waals surface area contributed by atoms with E-state index in [-0.39, 0.29) is 11.2 Å². The molecule has 1 amide bonds. The number of pyridine rings is 1. The smallest absolute Gasteiger partial charge is 0.238 e. The van der Waals surface area contributed by atoms with Gasteiger partial charge in [0.2, 0.25) is 5.91 Å². The van der Waals surface area contributed by atoms with Gasteiger partial charge in [-0.3, -0.25) is 9.78 Å². The van der Waals surface area contributed by atoms with Crippen LogP contribution in [0.25, 0.3) is 0 Å². The molecule has 0 aromatic carbocycles. The summed E-state index contributed by atoms with van der Waals surface area (Å²) in [6.45, 7) is 4.12. The van der Waals surface area contributed by atoms with Crippen molar-refractivity contribution in [1.29, 1.82) is 0 Å². The first-order chi connectivity index (χ1) is 6.68. The number of hydrogen-bond donors (Lipinski definition) is 1. The molecule has 74 valence electrons. The van der Waals surface area contributed by atoms with Gasteiger partial charge in [-0.2, -0.15) is 0 Å². The molecule has 0 fully saturated rings. The van der Waals surface area contributed by atoms with Crippen LogP contribution in [0.1, 0.15) is 13.8 Å². The average Bonchev–Trinajstić information content (AvgIpc) is 2.16. The summed E-state index contributed by atoms with van der Waals surface area (Å²) in [5.41, 5.74) is 0.833. The van der Waals surface area contributed by atoms with E-state index in [4.69, 9.17) is 0 Å². The van der Waals surface area contributed by atoms with E-state index in [1.807, 2.05) is 6.07 Å². The van der Waals surface area contributed by atoms with Crippen molar-refractivity contribution in [2.75, 3.05) is 5.32 Å². The van der Waals surface area contributed by atoms with Gasteiger partial charge in [0.05, 0.1) is 17.1 Å². The molecule has 1 atom stereocenters. The SMILES string of the molecule is CC(C)C1Sc2ccncc2NC1=O. The van der Waals surface area contributed by atoms with Crippen LogP contribution in [0.2, 0.25) is 0 Å². The van der Waals surface area contributed by atoms with Crippen LogP contribution in [0, 0.1) is 5.92 Å². The molecule has 0 spiro atoms. The van der Waals surface area contributed by atoms with Crippen molar-refractivity contribution in [1.82, 2.24) is 4.98 Å². The van der Waals surface area contributed by atoms with E-state index in [2.05, 4.69) is 24.1 Å². The molecule has 1 aromatic heterocycles. The fourth-order valence-electron chi connectivity index (χ4n) is 1.41. The summed E-state index contributed by atoms with van der Waals surface area (Å²) < 4.78 is 0. The minimum absolute atomic E-state index is 0.0184. The number of aromatic nitrogens is 1. The quantitative estimate of drug-likeness (QED) is 0.769. The predicted molar refractivity (Wildman–Crippen MR) is 57.3 cm³/mol. The lowest BCUT2D eigenvalue weighted by atomic mass is 10.1. The molecule has 0 radical (unpaired) electrons. The Morgan fingerprint density at radius 1 is 1.57 bits per heavy atom. The summed E-state index contributed by atoms with van der Waals surface area (Å²) in [4.78, 5) is 16.7. The number of carbonyl (C=O) groups excluding carboxylic acids is 1. The highest BCUT2D eigenvalue weighted by molar-refractivity contribution is 8.01. The van der Waals surface area contributed by atoms with Gasteiger partial charge in [0.1, 0.15) is 0 Å². The average molecular weight is 208 g/mol. The lowest BCUT2D eigenvalue weighted by Gasteiger charge is -2.25. The van der Waals surface area contributed by atoms with E-state index in [1.54, 1.807) is 24.2 Å². The highest BCUT2D eigenvalue weighted by Crippen LogP contribution is 2.37. The zero-order chi connectivity index (χ0) is 10.1. The first kappa shape index (κ1) is 9.52. The largest absolute Gasteiger partial charge is 0.323 e. The van der Waals surface area contributed by atoms with Gasteiger partial charge in [-0.05, 0) is 12.0 Å². The molecule has 0 aliphatic carbocycles. The van der Waals surface area contributed by atoms with Gasteiger partial charge >= 0.3 is 0 Å². The fraction of sp³-hybridized carbons (Fsp3) is 0.400. The molecule has 1 N–H and O–H groups in total. The molecule has 14 heavy (non-hydrogen) atoms. The van der Waals surface area contributed by atoms with Gasteiger partial charge in [0, 0.05) is 11.1 Å². The lowest BCUT2D eigenvalue weighted by Crippen LogP contribution is -2.32. The Morgan fingerprint density at radius 3 is 3.07 bits per heavy atom. The molecular weight excluding hydrogens is 196 g/mol. The number of thioether (sulfide) groups is 1. The van der Waals surface area contributed by atoms with E-state index >= 15 is 0 Å². The second-order valence-electron chi connectivity index (χ2n) is 3.64. The third kappa shape index (κ3) is 1.62. The number of anilines is 1. The summed E-state index contributed by atoms with van der Waals surface area (Å²) in [5.74, 6) is 0.437. The standard InChI is InChI=1S/C10H12N2OS/c1-6(2)9-10(13)12-7-5-11-4-3-8(7)14-9/h3-6,9H,1-2H3,(H,12,13). The predicted octanol–water partition coefficient (Wildman–Crippen LogP) is 2.15. The summed E-state index contributed by atoms with van der Waals surface area (Å²) in [6, 6.07) is 1.94. The number of amides is 1. The molecule has 1 aliphatic heterocycles. The van der Waals surface area contributed by atoms with Crippen LogP contribution < -0.4 is 5.32 Å². The van der Waals surface area contributed by atoms with Crippen LogP contribution >= 0.6 is 11.8 Å². The van der Waals surface area contributed by atoms with Crippen LogP contribution in [-0.2, 0) is 4.79 Å². The van der Waals surface area contributed by atoms with Crippen molar-refractivity contribution in [2.45, 2.75) is 24.0 Å². The van der Waals surface area contributed by atoms with Crippen LogP contribution in [0.15, 0.2) is 23.4 Å². The highest BCUT2D eigenvalue weighted by Gasteiger charge is 2.29. The lowest BCUT2D eigenvalue weighted by molar-refractivity contribution is -0.116. The van der Waals surface area contributed by atoms with Crippen LogP contribution in [0.4, 0.5) is 5.69 Å². The van der Waals surface area contributed by atoms with Gasteiger partial charge in [-0.15, -0.1) is 11.8 Å². The number of nitrogens with one attached hydrogen (secondary N) is 1. The van der Waals surface area contributed by atoms with Crippen molar-refractivity contribution in [3.05, 3.63) is 18.5 Å². The first-order valence-corrected chi connectivity index (χ1v) is 5.48. The molecule has 0 saturated heterocycles. The molecule has 1 unspecified atom stereocenters. The van der Waals surface area contributed by atoms with Gasteiger partial charge < -0.3 is 5.32 Å². The topological polar surface area (TPSA) is 42.0 Å². The molecule has 0 bridgehead atoms. The third-order valence-corrected chi connectivity index (χ3v) is 3.78. The van der Waals surface area contributed by atoms with Crippen molar-refractivity contribution in [3.8, 4) is 0 Å². The minimum atomic E-state index is 0.0184. The van der Waals surface area contributed by atoms with Crippen LogP contribution in [0.5, 0.6) is 0 Å².